The third-order valence-corrected chi connectivity index (χ3v) is 3.48. The van der Waals surface area contributed by atoms with Gasteiger partial charge in [-0.1, -0.05) is 11.6 Å². The number of carbonyl (C=O) groups is 1. The van der Waals surface area contributed by atoms with E-state index in [0.717, 1.165) is 17.4 Å². The monoisotopic (exact) mass is 244 g/mol. The van der Waals surface area contributed by atoms with Crippen LogP contribution in [0.25, 0.3) is 11.0 Å². The Morgan fingerprint density at radius 1 is 1.33 bits per heavy atom. The molecular weight excluding hydrogens is 228 g/mol. The Balaban J connectivity index is 1.92. The average molecular weight is 244 g/mol. The summed E-state index contributed by atoms with van der Waals surface area (Å²) >= 11 is 0. The van der Waals surface area contributed by atoms with Crippen molar-refractivity contribution in [3.8, 4) is 0 Å². The number of rotatable bonds is 2. The molecule has 1 aliphatic heterocycles. The number of hydrogen-bond donors (Lipinski definition) is 0. The molecule has 0 spiro atoms. The molecule has 0 bridgehead atoms. The highest BCUT2D eigenvalue weighted by Gasteiger charge is 2.30. The SMILES string of the molecule is Cc1ccc2oc(C(=O)C3COC(C)C3)cc2c1. The van der Waals surface area contributed by atoms with E-state index < -0.39 is 0 Å². The number of ketones is 1. The number of Topliss-reactive ketones (excluding diaryl/α,β-unsaturated/α-hetero) is 1. The molecule has 0 aliphatic carbocycles. The zero-order valence-electron chi connectivity index (χ0n) is 10.6. The largest absolute Gasteiger partial charge is 0.453 e. The highest BCUT2D eigenvalue weighted by Crippen LogP contribution is 2.27. The van der Waals surface area contributed by atoms with Crippen molar-refractivity contribution in [2.45, 2.75) is 26.4 Å². The van der Waals surface area contributed by atoms with Crippen molar-refractivity contribution in [3.05, 3.63) is 35.6 Å². The first-order valence-corrected chi connectivity index (χ1v) is 6.29. The van der Waals surface area contributed by atoms with Crippen LogP contribution in [0.3, 0.4) is 0 Å². The number of aryl methyl sites for hydroxylation is 1. The molecule has 94 valence electrons. The second-order valence-corrected chi connectivity index (χ2v) is 5.09. The minimum Gasteiger partial charge on any atom is -0.453 e. The summed E-state index contributed by atoms with van der Waals surface area (Å²) in [5.74, 6) is 0.466. The Kier molecular flexibility index (Phi) is 2.71. The number of furan rings is 1. The van der Waals surface area contributed by atoms with Crippen molar-refractivity contribution in [3.63, 3.8) is 0 Å². The van der Waals surface area contributed by atoms with Crippen LogP contribution in [0.5, 0.6) is 0 Å². The van der Waals surface area contributed by atoms with Crippen LogP contribution >= 0.6 is 0 Å². The van der Waals surface area contributed by atoms with E-state index in [4.69, 9.17) is 9.15 Å². The zero-order chi connectivity index (χ0) is 12.7. The smallest absolute Gasteiger partial charge is 0.203 e. The summed E-state index contributed by atoms with van der Waals surface area (Å²) < 4.78 is 11.1. The molecule has 2 atom stereocenters. The Bertz CT molecular complexity index is 597. The molecule has 1 aromatic heterocycles. The normalized spacial score (nSPS) is 23.7. The van der Waals surface area contributed by atoms with E-state index in [-0.39, 0.29) is 17.8 Å². The highest BCUT2D eigenvalue weighted by molar-refractivity contribution is 5.99. The number of carbonyl (C=O) groups excluding carboxylic acids is 1. The molecule has 0 saturated carbocycles. The van der Waals surface area contributed by atoms with Gasteiger partial charge < -0.3 is 9.15 Å². The van der Waals surface area contributed by atoms with Gasteiger partial charge in [0.2, 0.25) is 5.78 Å². The van der Waals surface area contributed by atoms with Crippen LogP contribution < -0.4 is 0 Å². The molecule has 1 aliphatic rings. The van der Waals surface area contributed by atoms with Crippen LogP contribution in [0.4, 0.5) is 0 Å². The van der Waals surface area contributed by atoms with Crippen LogP contribution in [0, 0.1) is 12.8 Å². The second kappa shape index (κ2) is 4.25. The van der Waals surface area contributed by atoms with E-state index >= 15 is 0 Å². The molecule has 1 fully saturated rings. The van der Waals surface area contributed by atoms with Gasteiger partial charge in [-0.3, -0.25) is 4.79 Å². The summed E-state index contributed by atoms with van der Waals surface area (Å²) in [7, 11) is 0. The predicted octanol–water partition coefficient (Wildman–Crippen LogP) is 3.35. The van der Waals surface area contributed by atoms with E-state index in [1.54, 1.807) is 0 Å². The summed E-state index contributed by atoms with van der Waals surface area (Å²) in [5, 5.41) is 0.991. The maximum absolute atomic E-state index is 12.3. The lowest BCUT2D eigenvalue weighted by Gasteiger charge is -2.02. The maximum Gasteiger partial charge on any atom is 0.203 e. The van der Waals surface area contributed by atoms with Gasteiger partial charge in [-0.25, -0.2) is 0 Å². The molecule has 3 heteroatoms. The topological polar surface area (TPSA) is 39.4 Å². The van der Waals surface area contributed by atoms with E-state index in [2.05, 4.69) is 0 Å². The van der Waals surface area contributed by atoms with E-state index in [1.165, 1.54) is 5.56 Å². The van der Waals surface area contributed by atoms with Crippen LogP contribution in [0.2, 0.25) is 0 Å². The lowest BCUT2D eigenvalue weighted by Crippen LogP contribution is -2.13. The minimum absolute atomic E-state index is 0.0540. The maximum atomic E-state index is 12.3. The lowest BCUT2D eigenvalue weighted by atomic mass is 9.99. The summed E-state index contributed by atoms with van der Waals surface area (Å²) in [5.41, 5.74) is 1.94. The van der Waals surface area contributed by atoms with Gasteiger partial charge in [0.1, 0.15) is 5.58 Å². The van der Waals surface area contributed by atoms with Gasteiger partial charge in [0.25, 0.3) is 0 Å². The van der Waals surface area contributed by atoms with Crippen molar-refractivity contribution in [1.82, 2.24) is 0 Å². The Morgan fingerprint density at radius 2 is 2.17 bits per heavy atom. The Hall–Kier alpha value is -1.61. The average Bonchev–Trinajstić information content (AvgIpc) is 2.93. The van der Waals surface area contributed by atoms with Crippen molar-refractivity contribution in [2.24, 2.45) is 5.92 Å². The van der Waals surface area contributed by atoms with Gasteiger partial charge in [-0.2, -0.15) is 0 Å². The predicted molar refractivity (Wildman–Crippen MR) is 68.8 cm³/mol. The molecule has 2 aromatic rings. The molecule has 0 radical (unpaired) electrons. The Labute approximate surface area is 106 Å². The first kappa shape index (κ1) is 11.5. The zero-order valence-corrected chi connectivity index (χ0v) is 10.6. The molecule has 3 nitrogen and oxygen atoms in total. The second-order valence-electron chi connectivity index (χ2n) is 5.09. The first-order chi connectivity index (χ1) is 8.63. The van der Waals surface area contributed by atoms with Crippen molar-refractivity contribution >= 4 is 16.8 Å². The quantitative estimate of drug-likeness (QED) is 0.760. The molecule has 2 unspecified atom stereocenters. The Morgan fingerprint density at radius 3 is 2.89 bits per heavy atom. The van der Waals surface area contributed by atoms with Gasteiger partial charge in [0.15, 0.2) is 5.76 Å². The van der Waals surface area contributed by atoms with E-state index in [0.29, 0.717) is 12.4 Å². The van der Waals surface area contributed by atoms with Gasteiger partial charge in [0, 0.05) is 5.39 Å². The van der Waals surface area contributed by atoms with Crippen LogP contribution in [-0.2, 0) is 4.74 Å². The fourth-order valence-corrected chi connectivity index (χ4v) is 2.49. The van der Waals surface area contributed by atoms with Gasteiger partial charge in [-0.15, -0.1) is 0 Å². The fraction of sp³-hybridized carbons (Fsp3) is 0.400. The van der Waals surface area contributed by atoms with Crippen LogP contribution in [0.15, 0.2) is 28.7 Å². The highest BCUT2D eigenvalue weighted by atomic mass is 16.5. The standard InChI is InChI=1S/C15H16O3/c1-9-3-4-13-11(5-9)7-14(18-13)15(16)12-6-10(2)17-8-12/h3-5,7,10,12H,6,8H2,1-2H3. The van der Waals surface area contributed by atoms with Gasteiger partial charge in [0.05, 0.1) is 18.6 Å². The van der Waals surface area contributed by atoms with E-state index in [1.807, 2.05) is 38.1 Å². The summed E-state index contributed by atoms with van der Waals surface area (Å²) in [4.78, 5) is 12.3. The minimum atomic E-state index is -0.0540. The van der Waals surface area contributed by atoms with Crippen molar-refractivity contribution < 1.29 is 13.9 Å². The van der Waals surface area contributed by atoms with Gasteiger partial charge in [-0.05, 0) is 38.5 Å². The molecule has 0 amide bonds. The number of fused-ring (bicyclic) bond motifs is 1. The molecule has 18 heavy (non-hydrogen) atoms. The van der Waals surface area contributed by atoms with E-state index in [9.17, 15) is 4.79 Å². The van der Waals surface area contributed by atoms with Crippen molar-refractivity contribution in [1.29, 1.82) is 0 Å². The molecule has 0 N–H and O–H groups in total. The number of ether oxygens (including phenoxy) is 1. The molecule has 1 saturated heterocycles. The lowest BCUT2D eigenvalue weighted by molar-refractivity contribution is 0.0853. The molecule has 3 rings (SSSR count). The molecular formula is C15H16O3. The van der Waals surface area contributed by atoms with Crippen molar-refractivity contribution in [2.75, 3.05) is 6.61 Å². The van der Waals surface area contributed by atoms with Crippen LogP contribution in [-0.4, -0.2) is 18.5 Å². The molecule has 2 heterocycles. The fourth-order valence-electron chi connectivity index (χ4n) is 2.49. The number of hydrogen-bond acceptors (Lipinski definition) is 3. The summed E-state index contributed by atoms with van der Waals surface area (Å²) in [6, 6.07) is 7.77. The molecule has 1 aromatic carbocycles. The van der Waals surface area contributed by atoms with Crippen LogP contribution in [0.1, 0.15) is 29.5 Å². The summed E-state index contributed by atoms with van der Waals surface area (Å²) in [6.07, 6.45) is 0.958. The first-order valence-electron chi connectivity index (χ1n) is 6.29. The number of benzene rings is 1. The van der Waals surface area contributed by atoms with Gasteiger partial charge >= 0.3 is 0 Å². The third-order valence-electron chi connectivity index (χ3n) is 3.48. The third kappa shape index (κ3) is 1.95. The summed E-state index contributed by atoms with van der Waals surface area (Å²) in [6.45, 7) is 4.53.